The van der Waals surface area contributed by atoms with Crippen molar-refractivity contribution in [2.24, 2.45) is 0 Å². The van der Waals surface area contributed by atoms with Crippen molar-refractivity contribution in [3.8, 4) is 0 Å². The van der Waals surface area contributed by atoms with Gasteiger partial charge in [0.1, 0.15) is 5.82 Å². The Hall–Kier alpha value is -1.21. The van der Waals surface area contributed by atoms with Gasteiger partial charge < -0.3 is 9.84 Å². The number of halogens is 2. The Bertz CT molecular complexity index is 524. The molecule has 1 aromatic carbocycles. The molecular formula is C16H22ClFN2O3. The van der Waals surface area contributed by atoms with Crippen LogP contribution < -0.4 is 0 Å². The van der Waals surface area contributed by atoms with Crippen LogP contribution in [0.15, 0.2) is 18.2 Å². The highest BCUT2D eigenvalue weighted by atomic mass is 35.5. The van der Waals surface area contributed by atoms with Gasteiger partial charge in [-0.1, -0.05) is 17.7 Å². The SMILES string of the molecule is CN(CC(=O)O)CC1CN(CCc2c(F)cccc2Cl)CCO1. The zero-order valence-electron chi connectivity index (χ0n) is 13.2. The number of hydrogen-bond donors (Lipinski definition) is 1. The summed E-state index contributed by atoms with van der Waals surface area (Å²) in [5.74, 6) is -1.13. The smallest absolute Gasteiger partial charge is 0.317 e. The maximum Gasteiger partial charge on any atom is 0.317 e. The number of nitrogens with zero attached hydrogens (tertiary/aromatic N) is 2. The highest BCUT2D eigenvalue weighted by Gasteiger charge is 2.22. The van der Waals surface area contributed by atoms with Crippen LogP contribution in [-0.4, -0.2) is 73.4 Å². The molecule has 0 amide bonds. The molecule has 1 saturated heterocycles. The Kier molecular flexibility index (Phi) is 6.77. The Morgan fingerprint density at radius 2 is 2.35 bits per heavy atom. The van der Waals surface area contributed by atoms with E-state index in [1.165, 1.54) is 6.07 Å². The Morgan fingerprint density at radius 1 is 1.57 bits per heavy atom. The third-order valence-electron chi connectivity index (χ3n) is 3.88. The molecule has 7 heteroatoms. The molecule has 1 atom stereocenters. The number of carboxylic acid groups (broad SMARTS) is 1. The molecule has 0 bridgehead atoms. The molecule has 1 aliphatic heterocycles. The Balaban J connectivity index is 1.83. The summed E-state index contributed by atoms with van der Waals surface area (Å²) in [4.78, 5) is 14.6. The number of benzene rings is 1. The fourth-order valence-corrected chi connectivity index (χ4v) is 3.04. The fourth-order valence-electron chi connectivity index (χ4n) is 2.78. The molecule has 1 heterocycles. The van der Waals surface area contributed by atoms with E-state index in [0.717, 1.165) is 6.54 Å². The van der Waals surface area contributed by atoms with Gasteiger partial charge in [0.15, 0.2) is 0 Å². The predicted octanol–water partition coefficient (Wildman–Crippen LogP) is 1.74. The number of hydrogen-bond acceptors (Lipinski definition) is 4. The molecule has 1 N–H and O–H groups in total. The van der Waals surface area contributed by atoms with E-state index in [-0.39, 0.29) is 18.5 Å². The maximum atomic E-state index is 13.8. The molecule has 0 aromatic heterocycles. The average Bonchev–Trinajstić information content (AvgIpc) is 2.46. The zero-order valence-corrected chi connectivity index (χ0v) is 13.9. The molecule has 0 spiro atoms. The number of ether oxygens (including phenoxy) is 1. The Labute approximate surface area is 140 Å². The van der Waals surface area contributed by atoms with Gasteiger partial charge in [-0.15, -0.1) is 0 Å². The van der Waals surface area contributed by atoms with Crippen molar-refractivity contribution in [2.75, 3.05) is 46.4 Å². The van der Waals surface area contributed by atoms with Gasteiger partial charge >= 0.3 is 5.97 Å². The molecule has 128 valence electrons. The van der Waals surface area contributed by atoms with Crippen LogP contribution in [-0.2, 0) is 16.0 Å². The van der Waals surface area contributed by atoms with Gasteiger partial charge in [0, 0.05) is 36.8 Å². The van der Waals surface area contributed by atoms with E-state index in [1.54, 1.807) is 24.1 Å². The van der Waals surface area contributed by atoms with Crippen LogP contribution >= 0.6 is 11.6 Å². The lowest BCUT2D eigenvalue weighted by atomic mass is 10.1. The van der Waals surface area contributed by atoms with Crippen molar-refractivity contribution in [1.82, 2.24) is 9.80 Å². The van der Waals surface area contributed by atoms with Crippen LogP contribution in [0.25, 0.3) is 0 Å². The maximum absolute atomic E-state index is 13.8. The van der Waals surface area contributed by atoms with Crippen LogP contribution in [0.2, 0.25) is 5.02 Å². The molecule has 5 nitrogen and oxygen atoms in total. The van der Waals surface area contributed by atoms with Gasteiger partial charge in [0.2, 0.25) is 0 Å². The summed E-state index contributed by atoms with van der Waals surface area (Å²) in [6.07, 6.45) is 0.507. The molecule has 1 fully saturated rings. The topological polar surface area (TPSA) is 53.0 Å². The minimum absolute atomic E-state index is 0.00923. The van der Waals surface area contributed by atoms with Crippen molar-refractivity contribution >= 4 is 17.6 Å². The first-order valence-corrected chi connectivity index (χ1v) is 8.00. The third kappa shape index (κ3) is 5.73. The minimum Gasteiger partial charge on any atom is -0.480 e. The molecule has 1 aliphatic rings. The summed E-state index contributed by atoms with van der Waals surface area (Å²) in [7, 11) is 1.76. The minimum atomic E-state index is -0.852. The van der Waals surface area contributed by atoms with Gasteiger partial charge in [0.05, 0.1) is 19.3 Å². The lowest BCUT2D eigenvalue weighted by molar-refractivity contribution is -0.138. The van der Waals surface area contributed by atoms with Crippen molar-refractivity contribution in [3.63, 3.8) is 0 Å². The summed E-state index contributed by atoms with van der Waals surface area (Å²) in [6.45, 7) is 3.33. The summed E-state index contributed by atoms with van der Waals surface area (Å²) in [5, 5.41) is 9.24. The number of carbonyl (C=O) groups is 1. The predicted molar refractivity (Wildman–Crippen MR) is 86.4 cm³/mol. The number of rotatable bonds is 7. The highest BCUT2D eigenvalue weighted by Crippen LogP contribution is 2.20. The van der Waals surface area contributed by atoms with E-state index in [0.29, 0.717) is 43.2 Å². The highest BCUT2D eigenvalue weighted by molar-refractivity contribution is 6.31. The molecule has 0 aliphatic carbocycles. The van der Waals surface area contributed by atoms with Gasteiger partial charge in [0.25, 0.3) is 0 Å². The quantitative estimate of drug-likeness (QED) is 0.816. The lowest BCUT2D eigenvalue weighted by Crippen LogP contribution is -2.48. The number of likely N-dealkylation sites (N-methyl/N-ethyl adjacent to an activating group) is 1. The van der Waals surface area contributed by atoms with Crippen LogP contribution in [0.1, 0.15) is 5.56 Å². The average molecular weight is 345 g/mol. The Morgan fingerprint density at radius 3 is 3.04 bits per heavy atom. The van der Waals surface area contributed by atoms with E-state index in [1.807, 2.05) is 0 Å². The monoisotopic (exact) mass is 344 g/mol. The van der Waals surface area contributed by atoms with Crippen molar-refractivity contribution in [3.05, 3.63) is 34.6 Å². The molecule has 23 heavy (non-hydrogen) atoms. The van der Waals surface area contributed by atoms with Gasteiger partial charge in [-0.25, -0.2) is 4.39 Å². The fraction of sp³-hybridized carbons (Fsp3) is 0.562. The van der Waals surface area contributed by atoms with E-state index < -0.39 is 5.97 Å². The van der Waals surface area contributed by atoms with Crippen LogP contribution in [0.4, 0.5) is 4.39 Å². The zero-order chi connectivity index (χ0) is 16.8. The van der Waals surface area contributed by atoms with Gasteiger partial charge in [-0.2, -0.15) is 0 Å². The van der Waals surface area contributed by atoms with Crippen molar-refractivity contribution in [1.29, 1.82) is 0 Å². The van der Waals surface area contributed by atoms with Crippen LogP contribution in [0.5, 0.6) is 0 Å². The van der Waals surface area contributed by atoms with Crippen LogP contribution in [0.3, 0.4) is 0 Å². The molecule has 0 radical (unpaired) electrons. The summed E-state index contributed by atoms with van der Waals surface area (Å²) >= 11 is 6.05. The molecule has 1 aromatic rings. The first kappa shape index (κ1) is 18.1. The van der Waals surface area contributed by atoms with Crippen LogP contribution in [0, 0.1) is 5.82 Å². The molecular weight excluding hydrogens is 323 g/mol. The number of aliphatic carboxylic acids is 1. The first-order valence-electron chi connectivity index (χ1n) is 7.63. The lowest BCUT2D eigenvalue weighted by Gasteiger charge is -2.34. The second kappa shape index (κ2) is 8.59. The first-order chi connectivity index (χ1) is 11.0. The standard InChI is InChI=1S/C16H22ClFN2O3/c1-19(11-16(21)22)9-12-10-20(7-8-23-12)6-5-13-14(17)3-2-4-15(13)18/h2-4,12H,5-11H2,1H3,(H,21,22). The van der Waals surface area contributed by atoms with E-state index in [2.05, 4.69) is 4.90 Å². The molecule has 2 rings (SSSR count). The largest absolute Gasteiger partial charge is 0.480 e. The van der Waals surface area contributed by atoms with E-state index in [9.17, 15) is 9.18 Å². The normalized spacial score (nSPS) is 19.2. The number of carboxylic acids is 1. The molecule has 1 unspecified atom stereocenters. The summed E-state index contributed by atoms with van der Waals surface area (Å²) < 4.78 is 19.5. The summed E-state index contributed by atoms with van der Waals surface area (Å²) in [5.41, 5.74) is 0.542. The van der Waals surface area contributed by atoms with Gasteiger partial charge in [-0.3, -0.25) is 14.6 Å². The van der Waals surface area contributed by atoms with Crippen molar-refractivity contribution < 1.29 is 19.0 Å². The van der Waals surface area contributed by atoms with Crippen molar-refractivity contribution in [2.45, 2.75) is 12.5 Å². The molecule has 0 saturated carbocycles. The van der Waals surface area contributed by atoms with E-state index >= 15 is 0 Å². The van der Waals surface area contributed by atoms with E-state index in [4.69, 9.17) is 21.4 Å². The second-order valence-electron chi connectivity index (χ2n) is 5.83. The number of morpholine rings is 1. The summed E-state index contributed by atoms with van der Waals surface area (Å²) in [6, 6.07) is 4.72. The van der Waals surface area contributed by atoms with Gasteiger partial charge in [-0.05, 0) is 25.6 Å². The second-order valence-corrected chi connectivity index (χ2v) is 6.24. The third-order valence-corrected chi connectivity index (χ3v) is 4.24.